The van der Waals surface area contributed by atoms with Crippen molar-refractivity contribution in [3.63, 3.8) is 0 Å². The van der Waals surface area contributed by atoms with E-state index < -0.39 is 32.5 Å². The fraction of sp³-hybridized carbons (Fsp3) is 0.488. The third-order valence-corrected chi connectivity index (χ3v) is 7.47. The van der Waals surface area contributed by atoms with Gasteiger partial charge >= 0.3 is 19.8 Å². The summed E-state index contributed by atoms with van der Waals surface area (Å²) in [5.41, 5.74) is 0. The van der Waals surface area contributed by atoms with E-state index in [0.717, 1.165) is 77.0 Å². The van der Waals surface area contributed by atoms with Crippen LogP contribution in [0.5, 0.6) is 0 Å². The number of allylic oxidation sites excluding steroid dienone is 20. The molecule has 9 heteroatoms. The second-order valence-corrected chi connectivity index (χ2v) is 13.0. The summed E-state index contributed by atoms with van der Waals surface area (Å²) < 4.78 is 26.2. The molecule has 0 aliphatic rings. The molecule has 0 rings (SSSR count). The van der Waals surface area contributed by atoms with Gasteiger partial charge in [0.25, 0.3) is 0 Å². The van der Waals surface area contributed by atoms with Gasteiger partial charge in [-0.15, -0.1) is 0 Å². The fourth-order valence-electron chi connectivity index (χ4n) is 4.27. The van der Waals surface area contributed by atoms with E-state index in [1.165, 1.54) is 0 Å². The van der Waals surface area contributed by atoms with Gasteiger partial charge in [0.2, 0.25) is 0 Å². The zero-order valence-corrected chi connectivity index (χ0v) is 32.5. The van der Waals surface area contributed by atoms with Gasteiger partial charge in [-0.1, -0.05) is 135 Å². The van der Waals surface area contributed by atoms with E-state index in [0.29, 0.717) is 12.8 Å². The predicted molar refractivity (Wildman–Crippen MR) is 215 cm³/mol. The van der Waals surface area contributed by atoms with Crippen molar-refractivity contribution in [3.8, 4) is 0 Å². The topological polar surface area (TPSA) is 119 Å². The smallest absolute Gasteiger partial charge is 0.462 e. The van der Waals surface area contributed by atoms with Gasteiger partial charge in [0.1, 0.15) is 6.61 Å². The maximum atomic E-state index is 12.3. The Morgan fingerprint density at radius 3 is 1.29 bits per heavy atom. The third-order valence-electron chi connectivity index (χ3n) is 6.99. The van der Waals surface area contributed by atoms with Crippen molar-refractivity contribution in [2.24, 2.45) is 0 Å². The lowest BCUT2D eigenvalue weighted by Gasteiger charge is -2.18. The zero-order valence-electron chi connectivity index (χ0n) is 31.6. The standard InChI is InChI=1S/C43H65O8P/c1-3-5-7-9-11-13-15-17-19-20-21-22-24-25-27-29-31-33-35-37-42(44)49-39-41(40-50-52(46,47)48)51-43(45)38-36-34-32-30-28-26-23-18-16-14-12-10-8-6-4-2/h5-8,11-14,17-19,21-23,25,27-28,30-31,33,41H,3-4,9-10,15-16,20,24,26,29,32,34-40H2,1-2H3,(H2,46,47,48)/b7-5+,8-6+,13-11+,14-12+,19-17+,22-21+,23-18+,27-25+,30-28+,33-31+/t41-/m1/s1. The summed E-state index contributed by atoms with van der Waals surface area (Å²) >= 11 is 0. The van der Waals surface area contributed by atoms with Gasteiger partial charge in [-0.25, -0.2) is 4.57 Å². The molecule has 8 nitrogen and oxygen atoms in total. The van der Waals surface area contributed by atoms with E-state index in [-0.39, 0.29) is 19.4 Å². The minimum atomic E-state index is -4.79. The first-order valence-electron chi connectivity index (χ1n) is 18.8. The van der Waals surface area contributed by atoms with Crippen molar-refractivity contribution in [1.82, 2.24) is 0 Å². The number of carbonyl (C=O) groups excluding carboxylic acids is 2. The summed E-state index contributed by atoms with van der Waals surface area (Å²) in [6, 6.07) is 0. The van der Waals surface area contributed by atoms with Crippen LogP contribution in [-0.4, -0.2) is 41.0 Å². The van der Waals surface area contributed by atoms with Gasteiger partial charge in [0.05, 0.1) is 6.61 Å². The van der Waals surface area contributed by atoms with Crippen molar-refractivity contribution in [1.29, 1.82) is 0 Å². The molecule has 52 heavy (non-hydrogen) atoms. The van der Waals surface area contributed by atoms with Crippen LogP contribution in [-0.2, 0) is 28.2 Å². The molecule has 0 saturated carbocycles. The van der Waals surface area contributed by atoms with Gasteiger partial charge in [0.15, 0.2) is 6.10 Å². The van der Waals surface area contributed by atoms with Gasteiger partial charge in [-0.2, -0.15) is 0 Å². The number of hydrogen-bond acceptors (Lipinski definition) is 6. The monoisotopic (exact) mass is 740 g/mol. The van der Waals surface area contributed by atoms with E-state index in [4.69, 9.17) is 19.3 Å². The molecule has 0 aromatic heterocycles. The normalized spacial score (nSPS) is 13.8. The molecular formula is C43H65O8P. The second-order valence-electron chi connectivity index (χ2n) is 11.8. The van der Waals surface area contributed by atoms with E-state index in [1.54, 1.807) is 0 Å². The van der Waals surface area contributed by atoms with E-state index in [1.807, 2.05) is 12.2 Å². The zero-order chi connectivity index (χ0) is 38.2. The van der Waals surface area contributed by atoms with Gasteiger partial charge in [-0.3, -0.25) is 14.1 Å². The number of hydrogen-bond donors (Lipinski definition) is 2. The van der Waals surface area contributed by atoms with Gasteiger partial charge in [0, 0.05) is 12.8 Å². The molecule has 0 heterocycles. The number of esters is 2. The lowest BCUT2D eigenvalue weighted by molar-refractivity contribution is -0.161. The Kier molecular flexibility index (Phi) is 34.7. The summed E-state index contributed by atoms with van der Waals surface area (Å²) in [7, 11) is -4.79. The van der Waals surface area contributed by atoms with E-state index >= 15 is 0 Å². The number of rotatable bonds is 32. The molecular weight excluding hydrogens is 675 g/mol. The van der Waals surface area contributed by atoms with Crippen LogP contribution in [0.3, 0.4) is 0 Å². The molecule has 0 aromatic rings. The van der Waals surface area contributed by atoms with Gasteiger partial charge in [-0.05, 0) is 89.9 Å². The molecule has 0 aromatic carbocycles. The number of phosphoric ester groups is 1. The first-order chi connectivity index (χ1) is 25.3. The van der Waals surface area contributed by atoms with Crippen molar-refractivity contribution in [2.75, 3.05) is 13.2 Å². The summed E-state index contributed by atoms with van der Waals surface area (Å²) in [6.45, 7) is 3.32. The van der Waals surface area contributed by atoms with Crippen LogP contribution in [0.25, 0.3) is 0 Å². The molecule has 0 fully saturated rings. The number of ether oxygens (including phenoxy) is 2. The van der Waals surface area contributed by atoms with Crippen molar-refractivity contribution in [3.05, 3.63) is 122 Å². The first-order valence-corrected chi connectivity index (χ1v) is 20.4. The predicted octanol–water partition coefficient (Wildman–Crippen LogP) is 11.4. The molecule has 2 N–H and O–H groups in total. The Bertz CT molecular complexity index is 1240. The summed E-state index contributed by atoms with van der Waals surface area (Å²) in [5.74, 6) is -1.05. The minimum absolute atomic E-state index is 0.124. The molecule has 0 unspecified atom stereocenters. The molecule has 0 aliphatic carbocycles. The fourth-order valence-corrected chi connectivity index (χ4v) is 4.63. The van der Waals surface area contributed by atoms with Crippen LogP contribution in [0.1, 0.15) is 117 Å². The largest absolute Gasteiger partial charge is 0.469 e. The minimum Gasteiger partial charge on any atom is -0.462 e. The molecule has 290 valence electrons. The highest BCUT2D eigenvalue weighted by Crippen LogP contribution is 2.35. The Balaban J connectivity index is 4.21. The molecule has 0 amide bonds. The summed E-state index contributed by atoms with van der Waals surface area (Å²) in [4.78, 5) is 42.7. The Labute approximate surface area is 314 Å². The average Bonchev–Trinajstić information content (AvgIpc) is 3.11. The molecule has 1 atom stereocenters. The average molecular weight is 741 g/mol. The number of carbonyl (C=O) groups is 2. The quantitative estimate of drug-likeness (QED) is 0.0303. The Morgan fingerprint density at radius 1 is 0.500 bits per heavy atom. The van der Waals surface area contributed by atoms with Crippen LogP contribution in [0.4, 0.5) is 0 Å². The van der Waals surface area contributed by atoms with E-state index in [9.17, 15) is 14.2 Å². The maximum Gasteiger partial charge on any atom is 0.469 e. The van der Waals surface area contributed by atoms with Crippen LogP contribution in [0, 0.1) is 0 Å². The highest BCUT2D eigenvalue weighted by atomic mass is 31.2. The number of unbranched alkanes of at least 4 members (excludes halogenated alkanes) is 2. The van der Waals surface area contributed by atoms with Crippen LogP contribution in [0.2, 0.25) is 0 Å². The highest BCUT2D eigenvalue weighted by molar-refractivity contribution is 7.46. The molecule has 0 aliphatic heterocycles. The first kappa shape index (κ1) is 48.5. The second kappa shape index (κ2) is 37.2. The Morgan fingerprint density at radius 2 is 0.885 bits per heavy atom. The lowest BCUT2D eigenvalue weighted by Crippen LogP contribution is -2.29. The highest BCUT2D eigenvalue weighted by Gasteiger charge is 2.22. The van der Waals surface area contributed by atoms with E-state index in [2.05, 4.69) is 128 Å². The van der Waals surface area contributed by atoms with Crippen LogP contribution in [0.15, 0.2) is 122 Å². The molecule has 0 saturated heterocycles. The number of phosphoric acid groups is 1. The Hall–Kier alpha value is -3.55. The van der Waals surface area contributed by atoms with Crippen molar-refractivity contribution in [2.45, 2.75) is 123 Å². The van der Waals surface area contributed by atoms with Crippen LogP contribution < -0.4 is 0 Å². The summed E-state index contributed by atoms with van der Waals surface area (Å²) in [6.07, 6.45) is 53.6. The van der Waals surface area contributed by atoms with Gasteiger partial charge < -0.3 is 19.3 Å². The molecule has 0 spiro atoms. The SMILES string of the molecule is CC/C=C/C/C=C/C/C=C/C/C=C/C/C=C/C/C=C/CCC(=O)OC[C@H](COP(=O)(O)O)OC(=O)CCCC/C=C/C/C=C/C/C=C/C/C=C/CC. The lowest BCUT2D eigenvalue weighted by atomic mass is 10.2. The van der Waals surface area contributed by atoms with Crippen LogP contribution >= 0.6 is 7.82 Å². The maximum absolute atomic E-state index is 12.3. The third kappa shape index (κ3) is 39.2. The molecule has 0 bridgehead atoms. The molecule has 0 radical (unpaired) electrons. The van der Waals surface area contributed by atoms with Crippen molar-refractivity contribution < 1.29 is 37.9 Å². The van der Waals surface area contributed by atoms with Crippen molar-refractivity contribution >= 4 is 19.8 Å². The summed E-state index contributed by atoms with van der Waals surface area (Å²) in [5, 5.41) is 0.